The van der Waals surface area contributed by atoms with Crippen molar-refractivity contribution in [1.29, 1.82) is 0 Å². The topological polar surface area (TPSA) is 87.3 Å². The van der Waals surface area contributed by atoms with E-state index in [1.54, 1.807) is 24.3 Å². The number of hydrogen-bond donors (Lipinski definition) is 3. The normalized spacial score (nSPS) is 13.4. The van der Waals surface area contributed by atoms with Gasteiger partial charge >= 0.3 is 6.03 Å². The maximum Gasteiger partial charge on any atom is 0.319 e. The molecule has 0 aromatic heterocycles. The summed E-state index contributed by atoms with van der Waals surface area (Å²) in [4.78, 5) is 34.4. The average Bonchev–Trinajstić information content (AvgIpc) is 3.22. The summed E-state index contributed by atoms with van der Waals surface area (Å²) in [6, 6.07) is 6.65. The average molecular weight is 289 g/mol. The highest BCUT2D eigenvalue weighted by Gasteiger charge is 2.22. The Morgan fingerprint density at radius 1 is 1.24 bits per heavy atom. The number of carbonyl (C=O) groups excluding carboxylic acids is 3. The summed E-state index contributed by atoms with van der Waals surface area (Å²) in [5.74, 6) is -0.104. The molecule has 21 heavy (non-hydrogen) atoms. The van der Waals surface area contributed by atoms with Crippen molar-refractivity contribution in [2.75, 3.05) is 11.9 Å². The molecule has 3 N–H and O–H groups in total. The van der Waals surface area contributed by atoms with Gasteiger partial charge in [-0.1, -0.05) is 12.1 Å². The van der Waals surface area contributed by atoms with Gasteiger partial charge in [-0.3, -0.25) is 9.59 Å². The van der Waals surface area contributed by atoms with Crippen LogP contribution in [0.1, 0.15) is 36.5 Å². The van der Waals surface area contributed by atoms with Gasteiger partial charge in [-0.15, -0.1) is 0 Å². The summed E-state index contributed by atoms with van der Waals surface area (Å²) < 4.78 is 0. The lowest BCUT2D eigenvalue weighted by Gasteiger charge is -2.08. The number of carbonyl (C=O) groups is 3. The molecule has 0 unspecified atom stereocenters. The molecule has 0 bridgehead atoms. The van der Waals surface area contributed by atoms with E-state index in [0.29, 0.717) is 17.3 Å². The Bertz CT molecular complexity index is 553. The lowest BCUT2D eigenvalue weighted by atomic mass is 10.1. The first-order valence-electron chi connectivity index (χ1n) is 7.00. The van der Waals surface area contributed by atoms with Gasteiger partial charge in [0.15, 0.2) is 5.78 Å². The number of Topliss-reactive ketones (excluding diaryl/α,β-unsaturated/α-hetero) is 1. The van der Waals surface area contributed by atoms with Crippen LogP contribution in [0.4, 0.5) is 10.5 Å². The van der Waals surface area contributed by atoms with Crippen molar-refractivity contribution < 1.29 is 14.4 Å². The molecule has 0 heterocycles. The van der Waals surface area contributed by atoms with E-state index >= 15 is 0 Å². The Balaban J connectivity index is 1.72. The second-order valence-electron chi connectivity index (χ2n) is 5.11. The minimum atomic E-state index is -0.394. The van der Waals surface area contributed by atoms with Crippen molar-refractivity contribution in [3.63, 3.8) is 0 Å². The molecule has 0 radical (unpaired) electrons. The van der Waals surface area contributed by atoms with E-state index in [4.69, 9.17) is 0 Å². The molecule has 0 spiro atoms. The first-order valence-corrected chi connectivity index (χ1v) is 7.00. The molecule has 2 rings (SSSR count). The number of nitrogens with one attached hydrogen (secondary N) is 3. The molecule has 0 aliphatic heterocycles. The first kappa shape index (κ1) is 15.0. The molecule has 1 aliphatic carbocycles. The number of amides is 3. The van der Waals surface area contributed by atoms with E-state index in [1.165, 1.54) is 6.92 Å². The van der Waals surface area contributed by atoms with Crippen molar-refractivity contribution in [2.24, 2.45) is 0 Å². The van der Waals surface area contributed by atoms with Crippen LogP contribution in [0.5, 0.6) is 0 Å². The van der Waals surface area contributed by atoms with Crippen LogP contribution < -0.4 is 16.0 Å². The van der Waals surface area contributed by atoms with Gasteiger partial charge in [0.2, 0.25) is 5.91 Å². The number of ketones is 1. The highest BCUT2D eigenvalue weighted by molar-refractivity contribution is 5.96. The number of benzene rings is 1. The molecule has 112 valence electrons. The van der Waals surface area contributed by atoms with E-state index in [1.807, 2.05) is 0 Å². The van der Waals surface area contributed by atoms with Gasteiger partial charge in [0.25, 0.3) is 0 Å². The van der Waals surface area contributed by atoms with Crippen LogP contribution in [0.25, 0.3) is 0 Å². The van der Waals surface area contributed by atoms with Gasteiger partial charge in [0, 0.05) is 30.3 Å². The highest BCUT2D eigenvalue weighted by Crippen LogP contribution is 2.18. The fraction of sp³-hybridized carbons (Fsp3) is 0.400. The van der Waals surface area contributed by atoms with Crippen LogP contribution in [0.2, 0.25) is 0 Å². The minimum absolute atomic E-state index is 0.0450. The van der Waals surface area contributed by atoms with Crippen molar-refractivity contribution in [1.82, 2.24) is 10.6 Å². The summed E-state index contributed by atoms with van der Waals surface area (Å²) in [5, 5.41) is 8.09. The zero-order valence-corrected chi connectivity index (χ0v) is 11.9. The zero-order chi connectivity index (χ0) is 15.2. The molecule has 1 fully saturated rings. The standard InChI is InChI=1S/C15H19N3O3/c1-10(19)11-3-2-4-13(9-11)18-15(21)16-8-7-14(20)17-12-5-6-12/h2-4,9,12H,5-8H2,1H3,(H,17,20)(H2,16,18,21). The summed E-state index contributed by atoms with van der Waals surface area (Å²) in [5.41, 5.74) is 1.08. The monoisotopic (exact) mass is 289 g/mol. The molecular formula is C15H19N3O3. The fourth-order valence-corrected chi connectivity index (χ4v) is 1.81. The smallest absolute Gasteiger partial charge is 0.319 e. The Kier molecular flexibility index (Phi) is 4.92. The SMILES string of the molecule is CC(=O)c1cccc(NC(=O)NCCC(=O)NC2CC2)c1. The molecule has 0 saturated heterocycles. The van der Waals surface area contributed by atoms with Crippen LogP contribution in [0.15, 0.2) is 24.3 Å². The Labute approximate surface area is 123 Å². The Hall–Kier alpha value is -2.37. The van der Waals surface area contributed by atoms with Crippen LogP contribution in [-0.2, 0) is 4.79 Å². The number of urea groups is 1. The number of hydrogen-bond acceptors (Lipinski definition) is 3. The fourth-order valence-electron chi connectivity index (χ4n) is 1.81. The van der Waals surface area contributed by atoms with Crippen molar-refractivity contribution in [2.45, 2.75) is 32.2 Å². The molecule has 6 nitrogen and oxygen atoms in total. The number of anilines is 1. The highest BCUT2D eigenvalue weighted by atomic mass is 16.2. The molecule has 0 atom stereocenters. The van der Waals surface area contributed by atoms with E-state index in [0.717, 1.165) is 12.8 Å². The van der Waals surface area contributed by atoms with Crippen molar-refractivity contribution in [3.8, 4) is 0 Å². The van der Waals surface area contributed by atoms with Crippen LogP contribution in [0, 0.1) is 0 Å². The lowest BCUT2D eigenvalue weighted by molar-refractivity contribution is -0.121. The van der Waals surface area contributed by atoms with Gasteiger partial charge < -0.3 is 16.0 Å². The molecule has 1 aromatic carbocycles. The summed E-state index contributed by atoms with van der Waals surface area (Å²) >= 11 is 0. The molecule has 1 aromatic rings. The van der Waals surface area contributed by atoms with E-state index < -0.39 is 6.03 Å². The van der Waals surface area contributed by atoms with Crippen LogP contribution >= 0.6 is 0 Å². The second-order valence-corrected chi connectivity index (χ2v) is 5.11. The molecule has 6 heteroatoms. The Morgan fingerprint density at radius 3 is 2.67 bits per heavy atom. The zero-order valence-electron chi connectivity index (χ0n) is 11.9. The largest absolute Gasteiger partial charge is 0.353 e. The summed E-state index contributed by atoms with van der Waals surface area (Å²) in [7, 11) is 0. The quantitative estimate of drug-likeness (QED) is 0.696. The molecule has 1 aliphatic rings. The van der Waals surface area contributed by atoms with Crippen LogP contribution in [0.3, 0.4) is 0 Å². The lowest BCUT2D eigenvalue weighted by Crippen LogP contribution is -2.34. The van der Waals surface area contributed by atoms with E-state index in [9.17, 15) is 14.4 Å². The molecule has 1 saturated carbocycles. The number of rotatable bonds is 6. The summed E-state index contributed by atoms with van der Waals surface area (Å²) in [6.45, 7) is 1.74. The van der Waals surface area contributed by atoms with Gasteiger partial charge in [-0.2, -0.15) is 0 Å². The predicted octanol–water partition coefficient (Wildman–Crippen LogP) is 1.68. The predicted molar refractivity (Wildman–Crippen MR) is 79.2 cm³/mol. The molecule has 3 amide bonds. The molecular weight excluding hydrogens is 270 g/mol. The second kappa shape index (κ2) is 6.88. The van der Waals surface area contributed by atoms with Gasteiger partial charge in [-0.05, 0) is 31.9 Å². The van der Waals surface area contributed by atoms with E-state index in [-0.39, 0.29) is 24.7 Å². The maximum atomic E-state index is 11.7. The third kappa shape index (κ3) is 5.25. The summed E-state index contributed by atoms with van der Waals surface area (Å²) in [6.07, 6.45) is 2.36. The van der Waals surface area contributed by atoms with Gasteiger partial charge in [0.05, 0.1) is 0 Å². The van der Waals surface area contributed by atoms with Crippen molar-refractivity contribution in [3.05, 3.63) is 29.8 Å². The Morgan fingerprint density at radius 2 is 2.00 bits per heavy atom. The van der Waals surface area contributed by atoms with E-state index in [2.05, 4.69) is 16.0 Å². The maximum absolute atomic E-state index is 11.7. The van der Waals surface area contributed by atoms with Crippen LogP contribution in [-0.4, -0.2) is 30.3 Å². The third-order valence-corrected chi connectivity index (χ3v) is 3.11. The van der Waals surface area contributed by atoms with Gasteiger partial charge in [-0.25, -0.2) is 4.79 Å². The third-order valence-electron chi connectivity index (χ3n) is 3.11. The van der Waals surface area contributed by atoms with Gasteiger partial charge in [0.1, 0.15) is 0 Å². The minimum Gasteiger partial charge on any atom is -0.353 e. The van der Waals surface area contributed by atoms with Crippen molar-refractivity contribution >= 4 is 23.4 Å². The first-order chi connectivity index (χ1) is 10.0.